The smallest absolute Gasteiger partial charge is 0.412 e. The summed E-state index contributed by atoms with van der Waals surface area (Å²) < 4.78 is 4.56. The minimum absolute atomic E-state index is 0.152. The van der Waals surface area contributed by atoms with Crippen molar-refractivity contribution in [2.75, 3.05) is 17.7 Å². The van der Waals surface area contributed by atoms with Gasteiger partial charge in [0.25, 0.3) is 5.56 Å². The van der Waals surface area contributed by atoms with Crippen LogP contribution in [0.3, 0.4) is 0 Å². The van der Waals surface area contributed by atoms with Crippen molar-refractivity contribution in [3.63, 3.8) is 0 Å². The van der Waals surface area contributed by atoms with Gasteiger partial charge in [-0.15, -0.1) is 0 Å². The summed E-state index contributed by atoms with van der Waals surface area (Å²) >= 11 is 7.69. The zero-order valence-electron chi connectivity index (χ0n) is 15.3. The highest BCUT2D eigenvalue weighted by molar-refractivity contribution is 7.19. The minimum Gasteiger partial charge on any atom is -0.453 e. The van der Waals surface area contributed by atoms with Crippen molar-refractivity contribution in [2.24, 2.45) is 0 Å². The number of ether oxygens (including phenoxy) is 1. The van der Waals surface area contributed by atoms with Gasteiger partial charge in [0.05, 0.1) is 19.3 Å². The molecule has 9 heteroatoms. The number of thiazole rings is 1. The maximum Gasteiger partial charge on any atom is 0.412 e. The molecule has 1 atom stereocenters. The summed E-state index contributed by atoms with van der Waals surface area (Å²) in [4.78, 5) is 31.1. The molecule has 1 fully saturated rings. The van der Waals surface area contributed by atoms with Crippen LogP contribution in [0.2, 0.25) is 5.02 Å². The highest BCUT2D eigenvalue weighted by Gasteiger charge is 2.26. The molecular weight excluding hydrogens is 400 g/mol. The highest BCUT2D eigenvalue weighted by atomic mass is 35.5. The van der Waals surface area contributed by atoms with E-state index in [0.29, 0.717) is 21.6 Å². The Labute approximate surface area is 170 Å². The predicted octanol–water partition coefficient (Wildman–Crippen LogP) is 4.87. The number of anilines is 2. The maximum absolute atomic E-state index is 12.6. The van der Waals surface area contributed by atoms with Crippen LogP contribution in [0.1, 0.15) is 42.9 Å². The van der Waals surface area contributed by atoms with Crippen molar-refractivity contribution in [3.8, 4) is 0 Å². The molecule has 3 N–H and O–H groups in total. The SMILES string of the molecule is COC(=O)Nc1cnc(N[C@@H](C)c2cc3cc(Cl)c(C4CC4)cc3[nH]c2=O)s1. The van der Waals surface area contributed by atoms with Gasteiger partial charge in [-0.1, -0.05) is 22.9 Å². The number of fused-ring (bicyclic) bond motifs is 1. The van der Waals surface area contributed by atoms with Crippen molar-refractivity contribution in [1.29, 1.82) is 0 Å². The molecule has 4 rings (SSSR count). The van der Waals surface area contributed by atoms with E-state index < -0.39 is 6.09 Å². The summed E-state index contributed by atoms with van der Waals surface area (Å²) in [6.45, 7) is 1.88. The molecule has 1 aromatic carbocycles. The summed E-state index contributed by atoms with van der Waals surface area (Å²) in [5.74, 6) is 0.512. The van der Waals surface area contributed by atoms with Gasteiger partial charge in [0, 0.05) is 21.5 Å². The molecule has 0 aliphatic heterocycles. The van der Waals surface area contributed by atoms with E-state index in [0.717, 1.165) is 34.3 Å². The number of nitrogens with zero attached hydrogens (tertiary/aromatic N) is 1. The second-order valence-electron chi connectivity index (χ2n) is 6.80. The third kappa shape index (κ3) is 3.83. The number of aromatic nitrogens is 2. The number of hydrogen-bond acceptors (Lipinski definition) is 6. The first-order chi connectivity index (χ1) is 13.4. The van der Waals surface area contributed by atoms with Crippen LogP contribution >= 0.6 is 22.9 Å². The molecule has 2 aromatic heterocycles. The van der Waals surface area contributed by atoms with Crippen molar-refractivity contribution >= 4 is 50.1 Å². The lowest BCUT2D eigenvalue weighted by atomic mass is 10.0. The topological polar surface area (TPSA) is 96.1 Å². The Morgan fingerprint density at radius 3 is 2.89 bits per heavy atom. The number of carbonyl (C=O) groups excluding carboxylic acids is 1. The number of pyridine rings is 1. The molecule has 1 aliphatic rings. The molecule has 1 saturated carbocycles. The van der Waals surface area contributed by atoms with Crippen LogP contribution in [0.4, 0.5) is 14.9 Å². The Balaban J connectivity index is 1.57. The summed E-state index contributed by atoms with van der Waals surface area (Å²) in [6, 6.07) is 5.48. The average molecular weight is 419 g/mol. The van der Waals surface area contributed by atoms with E-state index in [4.69, 9.17) is 11.6 Å². The number of methoxy groups -OCH3 is 1. The molecule has 0 saturated heterocycles. The first kappa shape index (κ1) is 18.8. The molecule has 1 aliphatic carbocycles. The van der Waals surface area contributed by atoms with Crippen molar-refractivity contribution in [3.05, 3.63) is 50.9 Å². The van der Waals surface area contributed by atoms with E-state index in [1.165, 1.54) is 24.6 Å². The monoisotopic (exact) mass is 418 g/mol. The molecule has 28 heavy (non-hydrogen) atoms. The average Bonchev–Trinajstić information content (AvgIpc) is 3.42. The van der Waals surface area contributed by atoms with E-state index in [9.17, 15) is 9.59 Å². The van der Waals surface area contributed by atoms with Crippen LogP contribution in [0.15, 0.2) is 29.2 Å². The molecule has 0 radical (unpaired) electrons. The lowest BCUT2D eigenvalue weighted by molar-refractivity contribution is 0.187. The Bertz CT molecular complexity index is 1110. The zero-order chi connectivity index (χ0) is 19.8. The van der Waals surface area contributed by atoms with Gasteiger partial charge < -0.3 is 15.0 Å². The first-order valence-corrected chi connectivity index (χ1v) is 10.1. The van der Waals surface area contributed by atoms with E-state index in [1.807, 2.05) is 25.1 Å². The molecule has 2 heterocycles. The van der Waals surface area contributed by atoms with Crippen LogP contribution < -0.4 is 16.2 Å². The number of hydrogen-bond donors (Lipinski definition) is 3. The van der Waals surface area contributed by atoms with Gasteiger partial charge in [0.1, 0.15) is 5.00 Å². The number of nitrogens with one attached hydrogen (secondary N) is 3. The quantitative estimate of drug-likeness (QED) is 0.549. The van der Waals surface area contributed by atoms with E-state index >= 15 is 0 Å². The summed E-state index contributed by atoms with van der Waals surface area (Å²) in [5.41, 5.74) is 2.34. The summed E-state index contributed by atoms with van der Waals surface area (Å²) in [7, 11) is 1.30. The number of carbonyl (C=O) groups is 1. The van der Waals surface area contributed by atoms with Gasteiger partial charge in [-0.05, 0) is 49.4 Å². The molecule has 0 bridgehead atoms. The van der Waals surface area contributed by atoms with Gasteiger partial charge in [-0.25, -0.2) is 9.78 Å². The third-order valence-corrected chi connectivity index (χ3v) is 5.90. The maximum atomic E-state index is 12.6. The molecule has 146 valence electrons. The molecule has 7 nitrogen and oxygen atoms in total. The van der Waals surface area contributed by atoms with Gasteiger partial charge in [0.2, 0.25) is 0 Å². The largest absolute Gasteiger partial charge is 0.453 e. The number of benzene rings is 1. The second kappa shape index (κ2) is 7.44. The summed E-state index contributed by atoms with van der Waals surface area (Å²) in [5, 5.41) is 8.52. The van der Waals surface area contributed by atoms with Crippen LogP contribution in [0, 0.1) is 0 Å². The number of aromatic amines is 1. The second-order valence-corrected chi connectivity index (χ2v) is 8.24. The van der Waals surface area contributed by atoms with Gasteiger partial charge >= 0.3 is 6.09 Å². The van der Waals surface area contributed by atoms with E-state index in [1.54, 1.807) is 0 Å². The molecule has 0 spiro atoms. The number of amides is 1. The minimum atomic E-state index is -0.559. The van der Waals surface area contributed by atoms with E-state index in [2.05, 4.69) is 25.3 Å². The molecule has 3 aromatic rings. The standard InChI is InChI=1S/C19H19ClN4O3S/c1-9(22-18-21-8-16(28-18)24-19(26)27-2)12-5-11-6-14(20)13(10-3-4-10)7-15(11)23-17(12)25/h5-10H,3-4H2,1-2H3,(H,21,22)(H,23,25)(H,24,26)/t9-/m0/s1. The Morgan fingerprint density at radius 2 is 2.18 bits per heavy atom. The van der Waals surface area contributed by atoms with Crippen LogP contribution in [0.25, 0.3) is 10.9 Å². The Kier molecular flexibility index (Phi) is 4.99. The number of halogens is 1. The third-order valence-electron chi connectivity index (χ3n) is 4.73. The van der Waals surface area contributed by atoms with Crippen LogP contribution in [-0.4, -0.2) is 23.2 Å². The zero-order valence-corrected chi connectivity index (χ0v) is 16.9. The lowest BCUT2D eigenvalue weighted by Gasteiger charge is -2.14. The fraction of sp³-hybridized carbons (Fsp3) is 0.316. The summed E-state index contributed by atoms with van der Waals surface area (Å²) in [6.07, 6.45) is 3.27. The van der Waals surface area contributed by atoms with Crippen LogP contribution in [0.5, 0.6) is 0 Å². The fourth-order valence-corrected chi connectivity index (χ4v) is 4.22. The number of rotatable bonds is 5. The fourth-order valence-electron chi connectivity index (χ4n) is 3.10. The molecular formula is C19H19ClN4O3S. The van der Waals surface area contributed by atoms with Crippen LogP contribution in [-0.2, 0) is 4.74 Å². The Hall–Kier alpha value is -2.58. The Morgan fingerprint density at radius 1 is 1.39 bits per heavy atom. The highest BCUT2D eigenvalue weighted by Crippen LogP contribution is 2.44. The normalized spacial score (nSPS) is 14.7. The lowest BCUT2D eigenvalue weighted by Crippen LogP contribution is -2.19. The van der Waals surface area contributed by atoms with Gasteiger partial charge in [0.15, 0.2) is 5.13 Å². The first-order valence-electron chi connectivity index (χ1n) is 8.88. The van der Waals surface area contributed by atoms with Gasteiger partial charge in [-0.2, -0.15) is 0 Å². The molecule has 0 unspecified atom stereocenters. The van der Waals surface area contributed by atoms with Crippen molar-refractivity contribution < 1.29 is 9.53 Å². The predicted molar refractivity (Wildman–Crippen MR) is 112 cm³/mol. The molecule has 1 amide bonds. The van der Waals surface area contributed by atoms with Crippen molar-refractivity contribution in [1.82, 2.24) is 9.97 Å². The number of H-pyrrole nitrogens is 1. The van der Waals surface area contributed by atoms with E-state index in [-0.39, 0.29) is 11.6 Å². The van der Waals surface area contributed by atoms with Crippen molar-refractivity contribution in [2.45, 2.75) is 31.7 Å². The van der Waals surface area contributed by atoms with Gasteiger partial charge in [-0.3, -0.25) is 10.1 Å².